The molecule has 0 spiro atoms. The maximum Gasteiger partial charge on any atom is -0.00275 e. The lowest BCUT2D eigenvalue weighted by Crippen LogP contribution is -1.83. The van der Waals surface area contributed by atoms with Gasteiger partial charge in [-0.05, 0) is 63.4 Å². The summed E-state index contributed by atoms with van der Waals surface area (Å²) in [6.45, 7) is 4.39. The van der Waals surface area contributed by atoms with Gasteiger partial charge in [-0.2, -0.15) is 0 Å². The summed E-state index contributed by atoms with van der Waals surface area (Å²) in [7, 11) is 0. The van der Waals surface area contributed by atoms with E-state index in [1.54, 1.807) is 0 Å². The normalized spacial score (nSPS) is 11.2. The summed E-state index contributed by atoms with van der Waals surface area (Å²) in [5, 5.41) is 7.89. The molecule has 2 bridgehead atoms. The smallest absolute Gasteiger partial charge is 0.00275 e. The molecular weight excluding hydrogens is 264 g/mol. The molecular formula is C22H18. The lowest BCUT2D eigenvalue weighted by atomic mass is 9.95. The van der Waals surface area contributed by atoms with E-state index in [2.05, 4.69) is 86.6 Å². The van der Waals surface area contributed by atoms with Crippen LogP contribution in [0.4, 0.5) is 0 Å². The van der Waals surface area contributed by atoms with E-state index in [1.165, 1.54) is 43.4 Å². The molecule has 0 heteroatoms. The first-order valence-corrected chi connectivity index (χ1v) is 7.72. The van der Waals surface area contributed by atoms with Crippen LogP contribution in [0.3, 0.4) is 0 Å². The minimum atomic E-state index is 1.25. The van der Waals surface area contributed by atoms with Crippen LogP contribution in [0.15, 0.2) is 72.8 Å². The topological polar surface area (TPSA) is 0 Å². The van der Waals surface area contributed by atoms with Crippen LogP contribution in [0, 0.1) is 13.8 Å². The van der Waals surface area contributed by atoms with E-state index in [4.69, 9.17) is 0 Å². The number of hydrogen-bond acceptors (Lipinski definition) is 0. The summed E-state index contributed by atoms with van der Waals surface area (Å²) in [5.41, 5.74) is 2.64. The second-order valence-corrected chi connectivity index (χ2v) is 5.99. The SMILES string of the molecule is Cc1cccc2cccc(c2)c2ccc(C)c3cccc1c32. The van der Waals surface area contributed by atoms with E-state index in [1.807, 2.05) is 0 Å². The van der Waals surface area contributed by atoms with Gasteiger partial charge in [-0.25, -0.2) is 0 Å². The van der Waals surface area contributed by atoms with E-state index >= 15 is 0 Å². The number of hydrogen-bond donors (Lipinski definition) is 0. The summed E-state index contributed by atoms with van der Waals surface area (Å²) >= 11 is 0. The van der Waals surface area contributed by atoms with Crippen molar-refractivity contribution in [1.82, 2.24) is 0 Å². The Labute approximate surface area is 130 Å². The first kappa shape index (κ1) is 13.1. The molecule has 0 N–H and O–H groups in total. The van der Waals surface area contributed by atoms with Crippen molar-refractivity contribution in [3.63, 3.8) is 0 Å². The quantitative estimate of drug-likeness (QED) is 0.354. The lowest BCUT2D eigenvalue weighted by Gasteiger charge is -2.09. The Morgan fingerprint density at radius 3 is 1.95 bits per heavy atom. The van der Waals surface area contributed by atoms with E-state index in [0.717, 1.165) is 0 Å². The van der Waals surface area contributed by atoms with Crippen molar-refractivity contribution in [2.45, 2.75) is 13.8 Å². The highest BCUT2D eigenvalue weighted by molar-refractivity contribution is 6.16. The van der Waals surface area contributed by atoms with Crippen molar-refractivity contribution in [3.8, 4) is 0 Å². The zero-order valence-corrected chi connectivity index (χ0v) is 12.9. The van der Waals surface area contributed by atoms with Gasteiger partial charge in [-0.15, -0.1) is 0 Å². The van der Waals surface area contributed by atoms with Crippen LogP contribution in [0.2, 0.25) is 0 Å². The fraction of sp³-hybridized carbons (Fsp3) is 0.0909. The molecule has 0 amide bonds. The Bertz CT molecular complexity index is 1040. The third-order valence-corrected chi connectivity index (χ3v) is 4.52. The first-order valence-electron chi connectivity index (χ1n) is 7.72. The molecule has 0 aromatic heterocycles. The molecule has 0 fully saturated rings. The largest absolute Gasteiger partial charge is 0.0614 e. The van der Waals surface area contributed by atoms with Gasteiger partial charge in [0.15, 0.2) is 0 Å². The summed E-state index contributed by atoms with van der Waals surface area (Å²) in [4.78, 5) is 0. The molecule has 106 valence electrons. The van der Waals surface area contributed by atoms with Crippen LogP contribution in [0.25, 0.3) is 32.3 Å². The molecule has 0 atom stereocenters. The highest BCUT2D eigenvalue weighted by Crippen LogP contribution is 2.31. The number of fused-ring (bicyclic) bond motifs is 3. The Kier molecular flexibility index (Phi) is 2.97. The summed E-state index contributed by atoms with van der Waals surface area (Å²) < 4.78 is 0. The average molecular weight is 282 g/mol. The Morgan fingerprint density at radius 2 is 1.18 bits per heavy atom. The lowest BCUT2D eigenvalue weighted by molar-refractivity contribution is 1.53. The van der Waals surface area contributed by atoms with Crippen molar-refractivity contribution >= 4 is 32.3 Å². The molecule has 0 nitrogen and oxygen atoms in total. The van der Waals surface area contributed by atoms with Gasteiger partial charge in [0, 0.05) is 0 Å². The van der Waals surface area contributed by atoms with Gasteiger partial charge >= 0.3 is 0 Å². The van der Waals surface area contributed by atoms with Crippen molar-refractivity contribution in [1.29, 1.82) is 0 Å². The van der Waals surface area contributed by atoms with E-state index in [0.29, 0.717) is 0 Å². The van der Waals surface area contributed by atoms with Crippen molar-refractivity contribution < 1.29 is 0 Å². The van der Waals surface area contributed by atoms with Crippen LogP contribution in [-0.4, -0.2) is 0 Å². The monoisotopic (exact) mass is 282 g/mol. The predicted octanol–water partition coefficient (Wildman–Crippen LogP) is 6.33. The number of benzene rings is 3. The third kappa shape index (κ3) is 2.00. The van der Waals surface area contributed by atoms with Gasteiger partial charge in [0.1, 0.15) is 0 Å². The van der Waals surface area contributed by atoms with E-state index in [-0.39, 0.29) is 0 Å². The van der Waals surface area contributed by atoms with Gasteiger partial charge < -0.3 is 0 Å². The molecule has 0 aliphatic heterocycles. The minimum Gasteiger partial charge on any atom is -0.0614 e. The predicted molar refractivity (Wildman–Crippen MR) is 97.2 cm³/mol. The Morgan fingerprint density at radius 1 is 0.545 bits per heavy atom. The molecule has 22 heavy (non-hydrogen) atoms. The van der Waals surface area contributed by atoms with Gasteiger partial charge in [0.2, 0.25) is 0 Å². The van der Waals surface area contributed by atoms with Crippen molar-refractivity contribution in [3.05, 3.63) is 83.9 Å². The van der Waals surface area contributed by atoms with Gasteiger partial charge in [-0.1, -0.05) is 66.7 Å². The first-order chi connectivity index (χ1) is 10.7. The molecule has 0 saturated heterocycles. The molecule has 0 aliphatic rings. The number of aryl methyl sites for hydroxylation is 2. The molecule has 0 radical (unpaired) electrons. The highest BCUT2D eigenvalue weighted by Gasteiger charge is 2.05. The average Bonchev–Trinajstić information content (AvgIpc) is 2.54. The van der Waals surface area contributed by atoms with Gasteiger partial charge in [0.05, 0.1) is 0 Å². The van der Waals surface area contributed by atoms with E-state index < -0.39 is 0 Å². The number of rotatable bonds is 0. The Hall–Kier alpha value is -2.60. The van der Waals surface area contributed by atoms with Crippen LogP contribution in [0.5, 0.6) is 0 Å². The molecule has 4 rings (SSSR count). The summed E-state index contributed by atoms with van der Waals surface area (Å²) in [6, 6.07) is 26.4. The van der Waals surface area contributed by atoms with E-state index in [9.17, 15) is 0 Å². The molecule has 4 aromatic carbocycles. The second-order valence-electron chi connectivity index (χ2n) is 5.99. The van der Waals surface area contributed by atoms with Crippen LogP contribution in [0.1, 0.15) is 11.1 Å². The highest BCUT2D eigenvalue weighted by atomic mass is 14.1. The fourth-order valence-corrected chi connectivity index (χ4v) is 3.32. The molecule has 0 saturated carbocycles. The Balaban J connectivity index is 2.43. The van der Waals surface area contributed by atoms with Gasteiger partial charge in [-0.3, -0.25) is 0 Å². The maximum absolute atomic E-state index is 2.27. The molecule has 0 heterocycles. The standard InChI is InChI=1S/C22H18/c1-15-6-3-7-17-8-4-9-18(14-17)21-13-12-16(2)20-11-5-10-19(15)22(20)21/h3-14H,1-2H3. The molecule has 0 unspecified atom stereocenters. The van der Waals surface area contributed by atoms with Crippen LogP contribution < -0.4 is 0 Å². The van der Waals surface area contributed by atoms with Crippen LogP contribution >= 0.6 is 0 Å². The maximum atomic E-state index is 2.27. The summed E-state index contributed by atoms with van der Waals surface area (Å²) in [5.74, 6) is 0. The fourth-order valence-electron chi connectivity index (χ4n) is 3.32. The zero-order chi connectivity index (χ0) is 15.1. The minimum absolute atomic E-state index is 1.25. The molecule has 4 aromatic rings. The second kappa shape index (κ2) is 4.99. The summed E-state index contributed by atoms with van der Waals surface area (Å²) in [6.07, 6.45) is 0. The van der Waals surface area contributed by atoms with Gasteiger partial charge in [0.25, 0.3) is 0 Å². The van der Waals surface area contributed by atoms with Crippen molar-refractivity contribution in [2.24, 2.45) is 0 Å². The van der Waals surface area contributed by atoms with Crippen LogP contribution in [-0.2, 0) is 0 Å². The molecule has 0 aliphatic carbocycles. The van der Waals surface area contributed by atoms with Crippen molar-refractivity contribution in [2.75, 3.05) is 0 Å². The zero-order valence-electron chi connectivity index (χ0n) is 12.9. The third-order valence-electron chi connectivity index (χ3n) is 4.52.